The average molecular weight is 393 g/mol. The molecule has 0 saturated heterocycles. The predicted octanol–water partition coefficient (Wildman–Crippen LogP) is 5.92. The Balaban J connectivity index is 1.76. The lowest BCUT2D eigenvalue weighted by Crippen LogP contribution is -2.27. The molecule has 1 aliphatic carbocycles. The molecule has 30 heavy (non-hydrogen) atoms. The standard InChI is InChI=1S/C27H24N2O/c1-18-6-8-19(9-7-18)27(17-28,20-10-13-22(30)14-11-20)21-12-15-24-23-4-2-3-5-25(23)29-26(24)16-21/h6-16,29-30H,2-5H2,1H3. The van der Waals surface area contributed by atoms with Crippen molar-refractivity contribution in [3.8, 4) is 11.8 Å². The summed E-state index contributed by atoms with van der Waals surface area (Å²) in [6, 6.07) is 24.2. The quantitative estimate of drug-likeness (QED) is 0.425. The van der Waals surface area contributed by atoms with E-state index in [0.29, 0.717) is 0 Å². The number of aromatic nitrogens is 1. The Morgan fingerprint density at radius 1 is 0.867 bits per heavy atom. The lowest BCUT2D eigenvalue weighted by molar-refractivity contribution is 0.475. The second-order valence-corrected chi connectivity index (χ2v) is 8.32. The number of nitrogens with zero attached hydrogens (tertiary/aromatic N) is 1. The monoisotopic (exact) mass is 392 g/mol. The van der Waals surface area contributed by atoms with Crippen LogP contribution in [0.5, 0.6) is 5.75 Å². The number of fused-ring (bicyclic) bond motifs is 3. The first-order valence-electron chi connectivity index (χ1n) is 10.5. The maximum atomic E-state index is 10.6. The van der Waals surface area contributed by atoms with E-state index in [0.717, 1.165) is 40.6 Å². The number of nitriles is 1. The molecule has 0 fully saturated rings. The Morgan fingerprint density at radius 3 is 2.20 bits per heavy atom. The van der Waals surface area contributed by atoms with Crippen LogP contribution in [0.1, 0.15) is 46.4 Å². The molecule has 1 aliphatic rings. The zero-order valence-corrected chi connectivity index (χ0v) is 17.1. The van der Waals surface area contributed by atoms with Crippen molar-refractivity contribution >= 4 is 10.9 Å². The smallest absolute Gasteiger partial charge is 0.132 e. The highest BCUT2D eigenvalue weighted by molar-refractivity contribution is 5.86. The van der Waals surface area contributed by atoms with Crippen LogP contribution in [0.2, 0.25) is 0 Å². The topological polar surface area (TPSA) is 59.8 Å². The van der Waals surface area contributed by atoms with Gasteiger partial charge >= 0.3 is 0 Å². The number of phenolic OH excluding ortho intramolecular Hbond substituents is 1. The van der Waals surface area contributed by atoms with Gasteiger partial charge in [0.15, 0.2) is 0 Å². The molecule has 5 rings (SSSR count). The minimum Gasteiger partial charge on any atom is -0.508 e. The van der Waals surface area contributed by atoms with E-state index in [1.165, 1.54) is 29.5 Å². The second-order valence-electron chi connectivity index (χ2n) is 8.32. The fourth-order valence-corrected chi connectivity index (χ4v) is 4.86. The van der Waals surface area contributed by atoms with Gasteiger partial charge in [-0.05, 0) is 73.1 Å². The molecule has 0 spiro atoms. The lowest BCUT2D eigenvalue weighted by Gasteiger charge is -2.29. The largest absolute Gasteiger partial charge is 0.508 e. The number of hydrogen-bond acceptors (Lipinski definition) is 2. The number of benzene rings is 3. The molecule has 1 unspecified atom stereocenters. The SMILES string of the molecule is Cc1ccc(C(C#N)(c2ccc(O)cc2)c2ccc3c4c([nH]c3c2)CCCC4)cc1. The van der Waals surface area contributed by atoms with Crippen molar-refractivity contribution in [2.24, 2.45) is 0 Å². The zero-order chi connectivity index (χ0) is 20.7. The van der Waals surface area contributed by atoms with E-state index in [1.807, 2.05) is 43.3 Å². The highest BCUT2D eigenvalue weighted by atomic mass is 16.3. The molecular weight excluding hydrogens is 368 g/mol. The summed E-state index contributed by atoms with van der Waals surface area (Å²) in [5.74, 6) is 0.196. The van der Waals surface area contributed by atoms with Gasteiger partial charge in [-0.25, -0.2) is 0 Å². The summed E-state index contributed by atoms with van der Waals surface area (Å²) in [6.45, 7) is 2.05. The average Bonchev–Trinajstić information content (AvgIpc) is 3.15. The van der Waals surface area contributed by atoms with Crippen LogP contribution in [0, 0.1) is 18.3 Å². The van der Waals surface area contributed by atoms with Gasteiger partial charge in [0, 0.05) is 16.6 Å². The fraction of sp³-hybridized carbons (Fsp3) is 0.222. The molecule has 3 heteroatoms. The van der Waals surface area contributed by atoms with E-state index in [4.69, 9.17) is 0 Å². The molecule has 2 N–H and O–H groups in total. The Morgan fingerprint density at radius 2 is 1.50 bits per heavy atom. The molecule has 4 aromatic rings. The normalized spacial score (nSPS) is 15.3. The molecule has 1 heterocycles. The third kappa shape index (κ3) is 2.80. The molecule has 0 radical (unpaired) electrons. The molecule has 148 valence electrons. The van der Waals surface area contributed by atoms with Gasteiger partial charge in [0.25, 0.3) is 0 Å². The van der Waals surface area contributed by atoms with Crippen molar-refractivity contribution < 1.29 is 5.11 Å². The summed E-state index contributed by atoms with van der Waals surface area (Å²) < 4.78 is 0. The van der Waals surface area contributed by atoms with Gasteiger partial charge in [0.05, 0.1) is 6.07 Å². The molecule has 1 atom stereocenters. The third-order valence-corrected chi connectivity index (χ3v) is 6.48. The third-order valence-electron chi connectivity index (χ3n) is 6.48. The van der Waals surface area contributed by atoms with Gasteiger partial charge in [-0.3, -0.25) is 0 Å². The first kappa shape index (κ1) is 18.5. The number of aromatic amines is 1. The summed E-state index contributed by atoms with van der Waals surface area (Å²) in [5, 5.41) is 21.7. The number of aromatic hydroxyl groups is 1. The van der Waals surface area contributed by atoms with Crippen molar-refractivity contribution in [2.75, 3.05) is 0 Å². The van der Waals surface area contributed by atoms with E-state index in [-0.39, 0.29) is 5.75 Å². The Bertz CT molecular complexity index is 1210. The molecule has 0 amide bonds. The number of rotatable bonds is 3. The minimum absolute atomic E-state index is 0.196. The molecule has 3 nitrogen and oxygen atoms in total. The van der Waals surface area contributed by atoms with E-state index in [2.05, 4.69) is 29.3 Å². The highest BCUT2D eigenvalue weighted by Crippen LogP contribution is 2.41. The van der Waals surface area contributed by atoms with Crippen LogP contribution in [0.3, 0.4) is 0 Å². The lowest BCUT2D eigenvalue weighted by atomic mass is 9.70. The van der Waals surface area contributed by atoms with Crippen molar-refractivity contribution in [3.63, 3.8) is 0 Å². The van der Waals surface area contributed by atoms with Crippen LogP contribution in [0.15, 0.2) is 66.7 Å². The number of H-pyrrole nitrogens is 1. The Kier molecular flexibility index (Phi) is 4.37. The number of nitrogens with one attached hydrogen (secondary N) is 1. The summed E-state index contributed by atoms with van der Waals surface area (Å²) >= 11 is 0. The maximum absolute atomic E-state index is 10.6. The maximum Gasteiger partial charge on any atom is 0.132 e. The molecular formula is C27H24N2O. The first-order chi connectivity index (χ1) is 14.6. The number of phenols is 1. The van der Waals surface area contributed by atoms with Gasteiger partial charge in [0.1, 0.15) is 11.2 Å². The summed E-state index contributed by atoms with van der Waals surface area (Å²) in [5.41, 5.74) is 6.79. The molecule has 0 aliphatic heterocycles. The van der Waals surface area contributed by atoms with Crippen molar-refractivity contribution in [1.82, 2.24) is 4.98 Å². The molecule has 0 bridgehead atoms. The highest BCUT2D eigenvalue weighted by Gasteiger charge is 2.37. The van der Waals surface area contributed by atoms with Crippen molar-refractivity contribution in [1.29, 1.82) is 5.26 Å². The van der Waals surface area contributed by atoms with Gasteiger partial charge in [-0.2, -0.15) is 5.26 Å². The number of hydrogen-bond donors (Lipinski definition) is 2. The van der Waals surface area contributed by atoms with E-state index < -0.39 is 5.41 Å². The van der Waals surface area contributed by atoms with E-state index in [1.54, 1.807) is 12.1 Å². The molecule has 3 aromatic carbocycles. The summed E-state index contributed by atoms with van der Waals surface area (Å²) in [6.07, 6.45) is 4.68. The first-order valence-corrected chi connectivity index (χ1v) is 10.5. The van der Waals surface area contributed by atoms with Crippen LogP contribution in [-0.2, 0) is 18.3 Å². The fourth-order valence-electron chi connectivity index (χ4n) is 4.86. The second kappa shape index (κ2) is 7.07. The van der Waals surface area contributed by atoms with Gasteiger partial charge < -0.3 is 10.1 Å². The Labute approximate surface area is 176 Å². The van der Waals surface area contributed by atoms with Crippen LogP contribution in [0.4, 0.5) is 0 Å². The molecule has 0 saturated carbocycles. The predicted molar refractivity (Wildman–Crippen MR) is 120 cm³/mol. The van der Waals surface area contributed by atoms with Crippen LogP contribution in [0.25, 0.3) is 10.9 Å². The number of aryl methyl sites for hydroxylation is 3. The summed E-state index contributed by atoms with van der Waals surface area (Å²) in [4.78, 5) is 3.62. The minimum atomic E-state index is -0.957. The van der Waals surface area contributed by atoms with E-state index >= 15 is 0 Å². The van der Waals surface area contributed by atoms with Crippen LogP contribution in [-0.4, -0.2) is 10.1 Å². The summed E-state index contributed by atoms with van der Waals surface area (Å²) in [7, 11) is 0. The van der Waals surface area contributed by atoms with Gasteiger partial charge in [-0.1, -0.05) is 54.1 Å². The molecule has 1 aromatic heterocycles. The van der Waals surface area contributed by atoms with Crippen LogP contribution < -0.4 is 0 Å². The van der Waals surface area contributed by atoms with Crippen molar-refractivity contribution in [3.05, 3.63) is 100 Å². The van der Waals surface area contributed by atoms with Gasteiger partial charge in [-0.15, -0.1) is 0 Å². The Hall–Kier alpha value is -3.51. The zero-order valence-electron chi connectivity index (χ0n) is 17.1. The van der Waals surface area contributed by atoms with E-state index in [9.17, 15) is 10.4 Å². The van der Waals surface area contributed by atoms with Crippen molar-refractivity contribution in [2.45, 2.75) is 38.0 Å². The van der Waals surface area contributed by atoms with Gasteiger partial charge in [0.2, 0.25) is 0 Å². The van der Waals surface area contributed by atoms with Crippen LogP contribution >= 0.6 is 0 Å².